The van der Waals surface area contributed by atoms with E-state index in [1.54, 1.807) is 4.90 Å². The number of rotatable bonds is 3. The van der Waals surface area contributed by atoms with E-state index in [0.29, 0.717) is 13.2 Å². The predicted molar refractivity (Wildman–Crippen MR) is 92.7 cm³/mol. The van der Waals surface area contributed by atoms with Gasteiger partial charge in [-0.25, -0.2) is 4.98 Å². The van der Waals surface area contributed by atoms with Crippen LogP contribution in [-0.2, 0) is 14.3 Å². The number of carbonyl (C=O) groups is 1. The van der Waals surface area contributed by atoms with E-state index in [0.717, 1.165) is 76.0 Å². The molecule has 0 aromatic carbocycles. The Labute approximate surface area is 147 Å². The van der Waals surface area contributed by atoms with Gasteiger partial charge in [-0.3, -0.25) is 4.79 Å². The third kappa shape index (κ3) is 3.41. The van der Waals surface area contributed by atoms with Crippen molar-refractivity contribution in [2.45, 2.75) is 25.6 Å². The average molecular weight is 347 g/mol. The number of anilines is 2. The standard InChI is InChI=1S/C17H25N5O3/c1-14-12-15(21-8-6-20(13-23)7-9-21)19-16(18-14)22-4-2-17(3-5-22)24-10-11-25-17/h12-13H,2-11H2,1H3. The number of piperazine rings is 1. The second-order valence-corrected chi connectivity index (χ2v) is 6.89. The molecule has 4 rings (SSSR count). The highest BCUT2D eigenvalue weighted by atomic mass is 16.7. The third-order valence-electron chi connectivity index (χ3n) is 5.24. The van der Waals surface area contributed by atoms with Crippen LogP contribution in [0.15, 0.2) is 6.07 Å². The summed E-state index contributed by atoms with van der Waals surface area (Å²) >= 11 is 0. The van der Waals surface area contributed by atoms with Crippen molar-refractivity contribution >= 4 is 18.2 Å². The zero-order valence-electron chi connectivity index (χ0n) is 14.7. The Kier molecular flexibility index (Phi) is 4.47. The second kappa shape index (κ2) is 6.76. The monoisotopic (exact) mass is 347 g/mol. The largest absolute Gasteiger partial charge is 0.353 e. The molecular formula is C17H25N5O3. The minimum Gasteiger partial charge on any atom is -0.353 e. The highest BCUT2D eigenvalue weighted by molar-refractivity contribution is 5.50. The summed E-state index contributed by atoms with van der Waals surface area (Å²) in [7, 11) is 0. The van der Waals surface area contributed by atoms with Crippen molar-refractivity contribution in [2.24, 2.45) is 0 Å². The second-order valence-electron chi connectivity index (χ2n) is 6.89. The molecule has 1 aromatic heterocycles. The fourth-order valence-corrected chi connectivity index (χ4v) is 3.73. The Morgan fingerprint density at radius 3 is 2.32 bits per heavy atom. The maximum atomic E-state index is 10.9. The van der Waals surface area contributed by atoms with E-state index < -0.39 is 0 Å². The van der Waals surface area contributed by atoms with Gasteiger partial charge in [0.05, 0.1) is 13.2 Å². The van der Waals surface area contributed by atoms with Crippen LogP contribution in [0.3, 0.4) is 0 Å². The lowest BCUT2D eigenvalue weighted by atomic mass is 10.0. The molecule has 0 bridgehead atoms. The van der Waals surface area contributed by atoms with E-state index in [2.05, 4.69) is 14.8 Å². The van der Waals surface area contributed by atoms with Crippen molar-refractivity contribution in [3.63, 3.8) is 0 Å². The number of ether oxygens (including phenoxy) is 2. The summed E-state index contributed by atoms with van der Waals surface area (Å²) in [5.74, 6) is 1.34. The molecule has 0 N–H and O–H groups in total. The van der Waals surface area contributed by atoms with Crippen molar-refractivity contribution in [2.75, 3.05) is 62.3 Å². The molecule has 3 aliphatic heterocycles. The minimum absolute atomic E-state index is 0.381. The van der Waals surface area contributed by atoms with E-state index in [4.69, 9.17) is 14.5 Å². The first kappa shape index (κ1) is 16.5. The van der Waals surface area contributed by atoms with Crippen molar-refractivity contribution in [3.05, 3.63) is 11.8 Å². The normalized spacial score (nSPS) is 23.3. The molecule has 4 heterocycles. The van der Waals surface area contributed by atoms with Gasteiger partial charge in [-0.15, -0.1) is 0 Å². The number of amides is 1. The van der Waals surface area contributed by atoms with Gasteiger partial charge in [0.2, 0.25) is 12.4 Å². The van der Waals surface area contributed by atoms with Gasteiger partial charge in [0.15, 0.2) is 5.79 Å². The van der Waals surface area contributed by atoms with Gasteiger partial charge in [0.25, 0.3) is 0 Å². The van der Waals surface area contributed by atoms with Crippen LogP contribution in [0.2, 0.25) is 0 Å². The van der Waals surface area contributed by atoms with Crippen LogP contribution < -0.4 is 9.80 Å². The fraction of sp³-hybridized carbons (Fsp3) is 0.706. The Hall–Kier alpha value is -1.93. The van der Waals surface area contributed by atoms with Gasteiger partial charge < -0.3 is 24.2 Å². The summed E-state index contributed by atoms with van der Waals surface area (Å²) in [4.78, 5) is 26.6. The van der Waals surface area contributed by atoms with Crippen LogP contribution in [0, 0.1) is 6.92 Å². The Balaban J connectivity index is 1.46. The summed E-state index contributed by atoms with van der Waals surface area (Å²) < 4.78 is 11.6. The first-order valence-corrected chi connectivity index (χ1v) is 9.00. The predicted octanol–water partition coefficient (Wildman–Crippen LogP) is 0.407. The van der Waals surface area contributed by atoms with Crippen LogP contribution in [0.4, 0.5) is 11.8 Å². The first-order valence-electron chi connectivity index (χ1n) is 9.00. The zero-order valence-corrected chi connectivity index (χ0v) is 14.7. The van der Waals surface area contributed by atoms with Gasteiger partial charge in [0, 0.05) is 63.9 Å². The summed E-state index contributed by atoms with van der Waals surface area (Å²) in [6, 6.07) is 2.02. The number of hydrogen-bond acceptors (Lipinski definition) is 7. The number of piperidine rings is 1. The molecule has 0 saturated carbocycles. The lowest BCUT2D eigenvalue weighted by Gasteiger charge is -2.38. The molecule has 8 nitrogen and oxygen atoms in total. The summed E-state index contributed by atoms with van der Waals surface area (Å²) in [5.41, 5.74) is 0.964. The van der Waals surface area contributed by atoms with E-state index in [9.17, 15) is 4.79 Å². The molecule has 0 atom stereocenters. The van der Waals surface area contributed by atoms with E-state index in [-0.39, 0.29) is 5.79 Å². The number of carbonyl (C=O) groups excluding carboxylic acids is 1. The van der Waals surface area contributed by atoms with Gasteiger partial charge in [-0.05, 0) is 6.92 Å². The molecule has 1 aromatic rings. The van der Waals surface area contributed by atoms with Crippen molar-refractivity contribution < 1.29 is 14.3 Å². The van der Waals surface area contributed by atoms with E-state index >= 15 is 0 Å². The summed E-state index contributed by atoms with van der Waals surface area (Å²) in [6.07, 6.45) is 2.61. The maximum absolute atomic E-state index is 10.9. The number of nitrogens with zero attached hydrogens (tertiary/aromatic N) is 5. The maximum Gasteiger partial charge on any atom is 0.227 e. The van der Waals surface area contributed by atoms with Gasteiger partial charge in [-0.1, -0.05) is 0 Å². The number of hydrogen-bond donors (Lipinski definition) is 0. The van der Waals surface area contributed by atoms with Crippen molar-refractivity contribution in [1.29, 1.82) is 0 Å². The number of aromatic nitrogens is 2. The van der Waals surface area contributed by atoms with Gasteiger partial charge in [0.1, 0.15) is 5.82 Å². The molecule has 0 radical (unpaired) electrons. The molecule has 3 fully saturated rings. The van der Waals surface area contributed by atoms with Crippen LogP contribution >= 0.6 is 0 Å². The highest BCUT2D eigenvalue weighted by Crippen LogP contribution is 2.32. The molecule has 1 amide bonds. The fourth-order valence-electron chi connectivity index (χ4n) is 3.73. The molecule has 3 saturated heterocycles. The average Bonchev–Trinajstić information content (AvgIpc) is 3.10. The summed E-state index contributed by atoms with van der Waals surface area (Å²) in [5, 5.41) is 0. The molecule has 8 heteroatoms. The van der Waals surface area contributed by atoms with Crippen molar-refractivity contribution in [1.82, 2.24) is 14.9 Å². The third-order valence-corrected chi connectivity index (χ3v) is 5.24. The van der Waals surface area contributed by atoms with Crippen LogP contribution in [-0.4, -0.2) is 79.5 Å². The molecule has 25 heavy (non-hydrogen) atoms. The van der Waals surface area contributed by atoms with Gasteiger partial charge >= 0.3 is 0 Å². The lowest BCUT2D eigenvalue weighted by molar-refractivity contribution is -0.169. The quantitative estimate of drug-likeness (QED) is 0.733. The molecule has 1 spiro atoms. The Morgan fingerprint density at radius 1 is 1.00 bits per heavy atom. The zero-order chi connectivity index (χ0) is 17.3. The Bertz CT molecular complexity index is 617. The van der Waals surface area contributed by atoms with Gasteiger partial charge in [-0.2, -0.15) is 4.98 Å². The molecule has 3 aliphatic rings. The van der Waals surface area contributed by atoms with Crippen LogP contribution in [0.5, 0.6) is 0 Å². The first-order chi connectivity index (χ1) is 12.2. The molecule has 0 aliphatic carbocycles. The molecular weight excluding hydrogens is 322 g/mol. The molecule has 136 valence electrons. The van der Waals surface area contributed by atoms with Crippen LogP contribution in [0.1, 0.15) is 18.5 Å². The van der Waals surface area contributed by atoms with E-state index in [1.807, 2.05) is 13.0 Å². The Morgan fingerprint density at radius 2 is 1.68 bits per heavy atom. The van der Waals surface area contributed by atoms with E-state index in [1.165, 1.54) is 0 Å². The topological polar surface area (TPSA) is 71.0 Å². The lowest BCUT2D eigenvalue weighted by Crippen LogP contribution is -2.47. The smallest absolute Gasteiger partial charge is 0.227 e. The SMILES string of the molecule is Cc1cc(N2CCN(C=O)CC2)nc(N2CCC3(CC2)OCCO3)n1. The highest BCUT2D eigenvalue weighted by Gasteiger charge is 2.40. The van der Waals surface area contributed by atoms with Crippen molar-refractivity contribution in [3.8, 4) is 0 Å². The molecule has 0 unspecified atom stereocenters. The van der Waals surface area contributed by atoms with Crippen LogP contribution in [0.25, 0.3) is 0 Å². The minimum atomic E-state index is -0.381. The number of aryl methyl sites for hydroxylation is 1. The summed E-state index contributed by atoms with van der Waals surface area (Å²) in [6.45, 7) is 8.15.